The predicted octanol–water partition coefficient (Wildman–Crippen LogP) is 6.03. The van der Waals surface area contributed by atoms with Crippen molar-refractivity contribution in [2.24, 2.45) is 5.92 Å². The maximum absolute atomic E-state index is 13.8. The maximum atomic E-state index is 13.8. The maximum Gasteiger partial charge on any atom is 0.408 e. The summed E-state index contributed by atoms with van der Waals surface area (Å²) in [6.45, 7) is 12.9. The van der Waals surface area contributed by atoms with E-state index in [9.17, 15) is 14.4 Å². The summed E-state index contributed by atoms with van der Waals surface area (Å²) < 4.78 is 5.39. The molecule has 0 aromatic heterocycles. The van der Waals surface area contributed by atoms with Gasteiger partial charge in [-0.25, -0.2) is 4.79 Å². The Morgan fingerprint density at radius 1 is 1.06 bits per heavy atom. The van der Waals surface area contributed by atoms with Crippen LogP contribution in [-0.4, -0.2) is 41.5 Å². The van der Waals surface area contributed by atoms with E-state index in [1.165, 1.54) is 4.90 Å². The van der Waals surface area contributed by atoms with Gasteiger partial charge in [-0.1, -0.05) is 73.8 Å². The highest BCUT2D eigenvalue weighted by Gasteiger charge is 2.36. The number of nitrogens with one attached hydrogen (secondary N) is 2. The van der Waals surface area contributed by atoms with Crippen LogP contribution in [0.5, 0.6) is 0 Å². The predicted molar refractivity (Wildman–Crippen MR) is 144 cm³/mol. The highest BCUT2D eigenvalue weighted by molar-refractivity contribution is 6.34. The van der Waals surface area contributed by atoms with E-state index in [4.69, 9.17) is 16.3 Å². The van der Waals surface area contributed by atoms with Crippen LogP contribution in [0.4, 0.5) is 10.5 Å². The molecule has 0 bridgehead atoms. The number of amides is 3. The molecule has 0 heterocycles. The van der Waals surface area contributed by atoms with E-state index in [2.05, 4.69) is 10.6 Å². The van der Waals surface area contributed by atoms with Crippen LogP contribution in [0.1, 0.15) is 63.8 Å². The summed E-state index contributed by atoms with van der Waals surface area (Å²) >= 11 is 6.35. The van der Waals surface area contributed by atoms with Gasteiger partial charge in [0, 0.05) is 7.05 Å². The molecule has 0 aliphatic carbocycles. The first kappa shape index (κ1) is 29.2. The molecule has 8 heteroatoms. The third-order valence-corrected chi connectivity index (χ3v) is 6.31. The van der Waals surface area contributed by atoms with E-state index >= 15 is 0 Å². The number of hydrogen-bond acceptors (Lipinski definition) is 4. The normalized spacial score (nSPS) is 13.8. The minimum atomic E-state index is -0.958. The molecular formula is C28H38ClN3O4. The molecule has 0 spiro atoms. The van der Waals surface area contributed by atoms with Gasteiger partial charge in [-0.3, -0.25) is 9.59 Å². The lowest BCUT2D eigenvalue weighted by Crippen LogP contribution is -2.53. The number of ether oxygens (including phenoxy) is 1. The van der Waals surface area contributed by atoms with Gasteiger partial charge >= 0.3 is 6.09 Å². The molecule has 0 saturated carbocycles. The Kier molecular flexibility index (Phi) is 9.93. The summed E-state index contributed by atoms with van der Waals surface area (Å²) in [5.41, 5.74) is 2.25. The topological polar surface area (TPSA) is 87.7 Å². The third-order valence-electron chi connectivity index (χ3n) is 6.00. The van der Waals surface area contributed by atoms with Gasteiger partial charge < -0.3 is 20.3 Å². The number of anilines is 1. The first-order valence-corrected chi connectivity index (χ1v) is 12.5. The molecule has 7 nitrogen and oxygen atoms in total. The molecule has 0 aliphatic heterocycles. The second-order valence-corrected chi connectivity index (χ2v) is 10.6. The Morgan fingerprint density at radius 2 is 1.67 bits per heavy atom. The number of nitrogens with zero attached hydrogens (tertiary/aromatic N) is 1. The second-order valence-electron chi connectivity index (χ2n) is 10.2. The largest absolute Gasteiger partial charge is 0.444 e. The average molecular weight is 516 g/mol. The van der Waals surface area contributed by atoms with Crippen molar-refractivity contribution in [3.05, 3.63) is 64.2 Å². The van der Waals surface area contributed by atoms with E-state index in [0.717, 1.165) is 11.1 Å². The number of likely N-dealkylation sites (N-methyl/N-ethyl adjacent to an activating group) is 1. The first-order chi connectivity index (χ1) is 16.7. The molecule has 196 valence electrons. The number of carbonyl (C=O) groups is 3. The molecule has 0 aliphatic rings. The molecule has 2 aromatic rings. The Morgan fingerprint density at radius 3 is 2.19 bits per heavy atom. The van der Waals surface area contributed by atoms with Crippen LogP contribution in [-0.2, 0) is 14.3 Å². The van der Waals surface area contributed by atoms with Crippen LogP contribution in [0.15, 0.2) is 42.5 Å². The lowest BCUT2D eigenvalue weighted by molar-refractivity contribution is -0.140. The summed E-state index contributed by atoms with van der Waals surface area (Å²) in [6.07, 6.45) is -0.0437. The van der Waals surface area contributed by atoms with Crippen molar-refractivity contribution in [2.45, 2.75) is 72.6 Å². The van der Waals surface area contributed by atoms with Crippen LogP contribution >= 0.6 is 11.6 Å². The summed E-state index contributed by atoms with van der Waals surface area (Å²) in [5.74, 6) is -1.00. The van der Waals surface area contributed by atoms with Gasteiger partial charge in [-0.15, -0.1) is 0 Å². The summed E-state index contributed by atoms with van der Waals surface area (Å²) in [4.78, 5) is 41.3. The fourth-order valence-electron chi connectivity index (χ4n) is 3.75. The standard InChI is InChI=1S/C28H38ClN3O4/c1-9-18(3)23(31-27(35)36-28(5,6)7)26(34)32(8)24(20-15-13-17(2)14-16-20)25(33)30-22-19(4)11-10-12-21(22)29/h10-16,18,23-24H,9H2,1-8H3,(H,30,33)(H,31,35). The zero-order valence-electron chi connectivity index (χ0n) is 22.4. The lowest BCUT2D eigenvalue weighted by atomic mass is 9.96. The SMILES string of the molecule is CCC(C)C(NC(=O)OC(C)(C)C)C(=O)N(C)C(C(=O)Nc1c(C)cccc1Cl)c1ccc(C)cc1. The fraction of sp³-hybridized carbons (Fsp3) is 0.464. The Balaban J connectivity index is 2.43. The number of para-hydroxylation sites is 1. The van der Waals surface area contributed by atoms with Crippen LogP contribution in [0.25, 0.3) is 0 Å². The van der Waals surface area contributed by atoms with Gasteiger partial charge in [0.05, 0.1) is 10.7 Å². The number of aryl methyl sites for hydroxylation is 2. The zero-order valence-corrected chi connectivity index (χ0v) is 23.2. The molecule has 2 aromatic carbocycles. The third kappa shape index (κ3) is 7.72. The number of hydrogen-bond donors (Lipinski definition) is 2. The van der Waals surface area contributed by atoms with E-state index in [0.29, 0.717) is 22.7 Å². The van der Waals surface area contributed by atoms with Gasteiger partial charge in [-0.05, 0) is 57.7 Å². The van der Waals surface area contributed by atoms with Gasteiger partial charge in [0.25, 0.3) is 5.91 Å². The Hall–Kier alpha value is -3.06. The van der Waals surface area contributed by atoms with Crippen molar-refractivity contribution in [1.29, 1.82) is 0 Å². The molecule has 0 saturated heterocycles. The number of benzene rings is 2. The van der Waals surface area contributed by atoms with Crippen molar-refractivity contribution in [1.82, 2.24) is 10.2 Å². The van der Waals surface area contributed by atoms with Gasteiger partial charge in [0.2, 0.25) is 5.91 Å². The monoisotopic (exact) mass is 515 g/mol. The molecule has 3 atom stereocenters. The molecule has 2 rings (SSSR count). The minimum absolute atomic E-state index is 0.194. The fourth-order valence-corrected chi connectivity index (χ4v) is 4.01. The van der Waals surface area contributed by atoms with Crippen molar-refractivity contribution >= 4 is 35.2 Å². The van der Waals surface area contributed by atoms with Crippen molar-refractivity contribution < 1.29 is 19.1 Å². The smallest absolute Gasteiger partial charge is 0.408 e. The molecule has 3 unspecified atom stereocenters. The molecule has 3 amide bonds. The molecular weight excluding hydrogens is 478 g/mol. The summed E-state index contributed by atoms with van der Waals surface area (Å²) in [7, 11) is 1.57. The van der Waals surface area contributed by atoms with E-state index in [1.807, 2.05) is 58.0 Å². The van der Waals surface area contributed by atoms with Crippen LogP contribution in [0, 0.1) is 19.8 Å². The van der Waals surface area contributed by atoms with Gasteiger partial charge in [0.15, 0.2) is 0 Å². The molecule has 36 heavy (non-hydrogen) atoms. The summed E-state index contributed by atoms with van der Waals surface area (Å²) in [6, 6.07) is 10.9. The molecule has 0 radical (unpaired) electrons. The summed E-state index contributed by atoms with van der Waals surface area (Å²) in [5, 5.41) is 6.03. The van der Waals surface area contributed by atoms with E-state index < -0.39 is 35.6 Å². The number of carbonyl (C=O) groups excluding carboxylic acids is 3. The zero-order chi connectivity index (χ0) is 27.2. The van der Waals surface area contributed by atoms with Crippen molar-refractivity contribution in [3.63, 3.8) is 0 Å². The Bertz CT molecular complexity index is 1060. The van der Waals surface area contributed by atoms with Crippen LogP contribution in [0.3, 0.4) is 0 Å². The highest BCUT2D eigenvalue weighted by atomic mass is 35.5. The van der Waals surface area contributed by atoms with Crippen molar-refractivity contribution in [3.8, 4) is 0 Å². The minimum Gasteiger partial charge on any atom is -0.444 e. The number of halogens is 1. The highest BCUT2D eigenvalue weighted by Crippen LogP contribution is 2.29. The van der Waals surface area contributed by atoms with E-state index in [1.54, 1.807) is 40.0 Å². The van der Waals surface area contributed by atoms with Crippen molar-refractivity contribution in [2.75, 3.05) is 12.4 Å². The lowest BCUT2D eigenvalue weighted by Gasteiger charge is -2.33. The Labute approximate surface area is 219 Å². The van der Waals surface area contributed by atoms with E-state index in [-0.39, 0.29) is 5.92 Å². The van der Waals surface area contributed by atoms with Gasteiger partial charge in [0.1, 0.15) is 17.7 Å². The molecule has 2 N–H and O–H groups in total. The second kappa shape index (κ2) is 12.3. The van der Waals surface area contributed by atoms with Gasteiger partial charge in [-0.2, -0.15) is 0 Å². The first-order valence-electron chi connectivity index (χ1n) is 12.1. The number of rotatable bonds is 8. The van der Waals surface area contributed by atoms with Crippen LogP contribution in [0.2, 0.25) is 5.02 Å². The quantitative estimate of drug-likeness (QED) is 0.449. The average Bonchev–Trinajstić information content (AvgIpc) is 2.79. The number of alkyl carbamates (subject to hydrolysis) is 1. The molecule has 0 fully saturated rings. The van der Waals surface area contributed by atoms with Crippen LogP contribution < -0.4 is 10.6 Å².